The van der Waals surface area contributed by atoms with E-state index in [1.807, 2.05) is 9.80 Å². The molecule has 226 valence electrons. The molecule has 3 aliphatic rings. The maximum atomic E-state index is 14.1. The highest BCUT2D eigenvalue weighted by molar-refractivity contribution is 5.79. The third-order valence-electron chi connectivity index (χ3n) is 8.33. The Balaban J connectivity index is 1.17. The van der Waals surface area contributed by atoms with Crippen LogP contribution in [0.15, 0.2) is 30.3 Å². The van der Waals surface area contributed by atoms with Gasteiger partial charge in [-0.05, 0) is 57.2 Å². The highest BCUT2D eigenvalue weighted by Gasteiger charge is 2.29. The Morgan fingerprint density at radius 2 is 1.83 bits per heavy atom. The summed E-state index contributed by atoms with van der Waals surface area (Å²) >= 11 is 0. The molecule has 4 heterocycles. The number of halogens is 3. The summed E-state index contributed by atoms with van der Waals surface area (Å²) in [5.41, 5.74) is 0.973. The molecular formula is C29H36F3N7O3. The first-order valence-corrected chi connectivity index (χ1v) is 14.7. The van der Waals surface area contributed by atoms with E-state index in [2.05, 4.69) is 20.3 Å². The number of ether oxygens (including phenoxy) is 2. The molecule has 1 aromatic carbocycles. The molecule has 0 unspecified atom stereocenters. The first-order chi connectivity index (χ1) is 20.5. The maximum absolute atomic E-state index is 14.1. The Morgan fingerprint density at radius 3 is 2.60 bits per heavy atom. The van der Waals surface area contributed by atoms with Gasteiger partial charge in [0.05, 0.1) is 30.8 Å². The van der Waals surface area contributed by atoms with Crippen LogP contribution in [-0.4, -0.2) is 94.6 Å². The minimum Gasteiger partial charge on any atom is -0.474 e. The van der Waals surface area contributed by atoms with Crippen LogP contribution in [0.3, 0.4) is 0 Å². The van der Waals surface area contributed by atoms with E-state index in [1.54, 1.807) is 30.3 Å². The number of fused-ring (bicyclic) bond motifs is 1. The van der Waals surface area contributed by atoms with Crippen LogP contribution in [0.25, 0.3) is 16.9 Å². The van der Waals surface area contributed by atoms with E-state index >= 15 is 0 Å². The number of aromatic nitrogens is 4. The van der Waals surface area contributed by atoms with Crippen molar-refractivity contribution in [2.45, 2.75) is 63.1 Å². The number of imidazole rings is 1. The molecular weight excluding hydrogens is 551 g/mol. The van der Waals surface area contributed by atoms with Gasteiger partial charge in [-0.1, -0.05) is 12.1 Å². The summed E-state index contributed by atoms with van der Waals surface area (Å²) in [6.45, 7) is 2.73. The Hall–Kier alpha value is -3.45. The van der Waals surface area contributed by atoms with Crippen LogP contribution in [0.4, 0.5) is 19.1 Å². The summed E-state index contributed by atoms with van der Waals surface area (Å²) in [5, 5.41) is 3.10. The number of nitrogens with one attached hydrogen (secondary N) is 1. The van der Waals surface area contributed by atoms with Gasteiger partial charge in [-0.25, -0.2) is 18.2 Å². The lowest BCUT2D eigenvalue weighted by Crippen LogP contribution is -2.45. The minimum absolute atomic E-state index is 0.0274. The SMILES string of the molecule is O=C(CN1CCC[C@H]1CF)N[C@H]1CC[C@H](Oc2cc(-n3c(C(F)F)nc4ccccc43)nc(N3CCOCC3)n2)CC1. The molecule has 1 aliphatic carbocycles. The lowest BCUT2D eigenvalue weighted by atomic mass is 9.93. The van der Waals surface area contributed by atoms with Gasteiger partial charge in [0.15, 0.2) is 5.82 Å². The smallest absolute Gasteiger partial charge is 0.296 e. The highest BCUT2D eigenvalue weighted by atomic mass is 19.3. The van der Waals surface area contributed by atoms with Gasteiger partial charge < -0.3 is 19.7 Å². The van der Waals surface area contributed by atoms with Crippen LogP contribution in [-0.2, 0) is 9.53 Å². The fraction of sp³-hybridized carbons (Fsp3) is 0.586. The maximum Gasteiger partial charge on any atom is 0.296 e. The summed E-state index contributed by atoms with van der Waals surface area (Å²) in [7, 11) is 0. The van der Waals surface area contributed by atoms with Crippen molar-refractivity contribution in [1.29, 1.82) is 0 Å². The second kappa shape index (κ2) is 12.8. The van der Waals surface area contributed by atoms with Crippen molar-refractivity contribution < 1.29 is 27.4 Å². The van der Waals surface area contributed by atoms with Crippen LogP contribution in [0.5, 0.6) is 5.88 Å². The van der Waals surface area contributed by atoms with E-state index in [9.17, 15) is 18.0 Å². The number of hydrogen-bond donors (Lipinski definition) is 1. The molecule has 42 heavy (non-hydrogen) atoms. The molecule has 0 radical (unpaired) electrons. The number of para-hydroxylation sites is 2. The summed E-state index contributed by atoms with van der Waals surface area (Å²) in [6.07, 6.45) is 1.63. The number of morpholine rings is 1. The van der Waals surface area contributed by atoms with Gasteiger partial charge in [-0.3, -0.25) is 14.3 Å². The molecule has 13 heteroatoms. The lowest BCUT2D eigenvalue weighted by molar-refractivity contribution is -0.123. The summed E-state index contributed by atoms with van der Waals surface area (Å²) < 4.78 is 54.6. The molecule has 1 N–H and O–H groups in total. The fourth-order valence-corrected chi connectivity index (χ4v) is 6.14. The highest BCUT2D eigenvalue weighted by Crippen LogP contribution is 2.31. The molecule has 3 fully saturated rings. The van der Waals surface area contributed by atoms with Crippen molar-refractivity contribution in [2.75, 3.05) is 51.0 Å². The molecule has 2 aliphatic heterocycles. The quantitative estimate of drug-likeness (QED) is 0.404. The molecule has 0 bridgehead atoms. The zero-order chi connectivity index (χ0) is 29.1. The second-order valence-electron chi connectivity index (χ2n) is 11.1. The first-order valence-electron chi connectivity index (χ1n) is 14.7. The third kappa shape index (κ3) is 6.31. The third-order valence-corrected chi connectivity index (χ3v) is 8.33. The van der Waals surface area contributed by atoms with E-state index in [0.29, 0.717) is 62.0 Å². The normalized spacial score (nSPS) is 23.5. The predicted octanol–water partition coefficient (Wildman–Crippen LogP) is 3.83. The standard InChI is InChI=1S/C29H36F3N7O3/c30-17-20-4-3-11-38(20)18-25(40)33-19-7-9-21(10-8-19)42-26-16-24(35-29(36-26)37-12-14-41-15-13-37)39-23-6-2-1-5-22(23)34-28(39)27(31)32/h1-2,5-6,16,19-21,27H,3-4,7-15,17-18H2,(H,33,40)/t19-,20-,21-/m0/s1. The second-order valence-corrected chi connectivity index (χ2v) is 11.1. The molecule has 10 nitrogen and oxygen atoms in total. The topological polar surface area (TPSA) is 97.6 Å². The largest absolute Gasteiger partial charge is 0.474 e. The van der Waals surface area contributed by atoms with Crippen molar-refractivity contribution >= 4 is 22.9 Å². The van der Waals surface area contributed by atoms with Crippen molar-refractivity contribution in [3.05, 3.63) is 36.2 Å². The first kappa shape index (κ1) is 28.7. The predicted molar refractivity (Wildman–Crippen MR) is 150 cm³/mol. The van der Waals surface area contributed by atoms with Gasteiger partial charge in [-0.2, -0.15) is 9.97 Å². The molecule has 1 saturated carbocycles. The van der Waals surface area contributed by atoms with Crippen molar-refractivity contribution in [3.63, 3.8) is 0 Å². The fourth-order valence-electron chi connectivity index (χ4n) is 6.14. The minimum atomic E-state index is -2.80. The number of carbonyl (C=O) groups is 1. The molecule has 0 spiro atoms. The molecule has 2 saturated heterocycles. The van der Waals surface area contributed by atoms with E-state index in [-0.39, 0.29) is 36.5 Å². The zero-order valence-electron chi connectivity index (χ0n) is 23.4. The average Bonchev–Trinajstić information content (AvgIpc) is 3.63. The number of amides is 1. The Labute approximate surface area is 242 Å². The summed E-state index contributed by atoms with van der Waals surface area (Å²) in [5.74, 6) is 0.492. The van der Waals surface area contributed by atoms with Gasteiger partial charge in [-0.15, -0.1) is 0 Å². The Bertz CT molecular complexity index is 1380. The van der Waals surface area contributed by atoms with E-state index < -0.39 is 18.9 Å². The number of benzene rings is 1. The Morgan fingerprint density at radius 1 is 1.05 bits per heavy atom. The average molecular weight is 588 g/mol. The van der Waals surface area contributed by atoms with Gasteiger partial charge in [0, 0.05) is 31.2 Å². The van der Waals surface area contributed by atoms with Crippen LogP contribution < -0.4 is 15.0 Å². The number of carbonyl (C=O) groups excluding carboxylic acids is 1. The van der Waals surface area contributed by atoms with Crippen molar-refractivity contribution in [2.24, 2.45) is 0 Å². The number of anilines is 1. The van der Waals surface area contributed by atoms with Gasteiger partial charge in [0.25, 0.3) is 6.43 Å². The van der Waals surface area contributed by atoms with Crippen molar-refractivity contribution in [3.8, 4) is 11.7 Å². The van der Waals surface area contributed by atoms with Crippen molar-refractivity contribution in [1.82, 2.24) is 29.7 Å². The van der Waals surface area contributed by atoms with Crippen LogP contribution in [0, 0.1) is 0 Å². The zero-order valence-corrected chi connectivity index (χ0v) is 23.4. The van der Waals surface area contributed by atoms with E-state index in [0.717, 1.165) is 32.2 Å². The summed E-state index contributed by atoms with van der Waals surface area (Å²) in [4.78, 5) is 30.0. The van der Waals surface area contributed by atoms with Gasteiger partial charge in [0.1, 0.15) is 18.6 Å². The molecule has 6 rings (SSSR count). The number of rotatable bonds is 9. The van der Waals surface area contributed by atoms with Crippen LogP contribution in [0.1, 0.15) is 50.8 Å². The van der Waals surface area contributed by atoms with E-state index in [4.69, 9.17) is 9.47 Å². The number of alkyl halides is 3. The Kier molecular flexibility index (Phi) is 8.75. The number of nitrogens with zero attached hydrogens (tertiary/aromatic N) is 6. The lowest BCUT2D eigenvalue weighted by Gasteiger charge is -2.31. The summed E-state index contributed by atoms with van der Waals surface area (Å²) in [6, 6.07) is 8.43. The van der Waals surface area contributed by atoms with Gasteiger partial charge >= 0.3 is 0 Å². The number of likely N-dealkylation sites (tertiary alicyclic amines) is 1. The molecule has 1 atom stereocenters. The molecule has 3 aromatic rings. The van der Waals surface area contributed by atoms with Crippen LogP contribution in [0.2, 0.25) is 0 Å². The van der Waals surface area contributed by atoms with Crippen LogP contribution >= 0.6 is 0 Å². The number of hydrogen-bond acceptors (Lipinski definition) is 8. The van der Waals surface area contributed by atoms with Gasteiger partial charge in [0.2, 0.25) is 17.7 Å². The monoisotopic (exact) mass is 587 g/mol. The molecule has 2 aromatic heterocycles. The van der Waals surface area contributed by atoms with E-state index in [1.165, 1.54) is 4.57 Å². The molecule has 1 amide bonds.